The van der Waals surface area contributed by atoms with Crippen LogP contribution in [-0.2, 0) is 17.7 Å². The van der Waals surface area contributed by atoms with E-state index in [9.17, 15) is 9.59 Å². The third-order valence-corrected chi connectivity index (χ3v) is 4.98. The minimum Gasteiger partial charge on any atom is -0.442 e. The number of hydrogen-bond acceptors (Lipinski definition) is 5. The number of benzene rings is 1. The quantitative estimate of drug-likeness (QED) is 0.728. The normalized spacial score (nSPS) is 14.6. The summed E-state index contributed by atoms with van der Waals surface area (Å²) in [6.07, 6.45) is 1.52. The molecule has 0 aliphatic carbocycles. The second kappa shape index (κ2) is 7.61. The lowest BCUT2D eigenvalue weighted by Crippen LogP contribution is -2.36. The Balaban J connectivity index is 1.57. The van der Waals surface area contributed by atoms with Crippen molar-refractivity contribution in [2.45, 2.75) is 19.1 Å². The maximum Gasteiger partial charge on any atom is 0.266 e. The fourth-order valence-electron chi connectivity index (χ4n) is 3.27. The number of methoxy groups -OCH3 is 1. The number of nitrogens with zero attached hydrogens (tertiary/aromatic N) is 2. The summed E-state index contributed by atoms with van der Waals surface area (Å²) in [7, 11) is 1.61. The highest BCUT2D eigenvalue weighted by molar-refractivity contribution is 6.30. The summed E-state index contributed by atoms with van der Waals surface area (Å²) < 4.78 is 11.5. The Kier molecular flexibility index (Phi) is 5.02. The highest BCUT2D eigenvalue weighted by Crippen LogP contribution is 2.29. The molecule has 1 aromatic carbocycles. The summed E-state index contributed by atoms with van der Waals surface area (Å²) in [4.78, 5) is 32.9. The van der Waals surface area contributed by atoms with Gasteiger partial charge in [0.2, 0.25) is 5.89 Å². The van der Waals surface area contributed by atoms with Gasteiger partial charge in [0.15, 0.2) is 6.10 Å². The number of hydrogen-bond donors (Lipinski definition) is 1. The first kappa shape index (κ1) is 18.5. The van der Waals surface area contributed by atoms with Crippen molar-refractivity contribution in [3.05, 3.63) is 86.4 Å². The SMILES string of the molecule is COC(c1ccccc1)c1nc2c(o1)CCN(C(=O)c1c[nH]c(=O)c(Cl)c1)C2. The Bertz CT molecular complexity index is 1060. The maximum absolute atomic E-state index is 12.8. The third kappa shape index (κ3) is 3.46. The molecule has 0 bridgehead atoms. The molecule has 1 amide bonds. The Morgan fingerprint density at radius 1 is 1.36 bits per heavy atom. The molecule has 1 aliphatic rings. The maximum atomic E-state index is 12.8. The van der Waals surface area contributed by atoms with Crippen LogP contribution in [-0.4, -0.2) is 34.4 Å². The van der Waals surface area contributed by atoms with Crippen molar-refractivity contribution < 1.29 is 13.9 Å². The fraction of sp³-hybridized carbons (Fsp3) is 0.250. The second-order valence-electron chi connectivity index (χ2n) is 6.49. The van der Waals surface area contributed by atoms with Crippen LogP contribution in [0.1, 0.15) is 39.4 Å². The molecule has 0 saturated heterocycles. The highest BCUT2D eigenvalue weighted by atomic mass is 35.5. The Labute approximate surface area is 165 Å². The van der Waals surface area contributed by atoms with Gasteiger partial charge in [0.05, 0.1) is 12.1 Å². The van der Waals surface area contributed by atoms with Crippen LogP contribution >= 0.6 is 11.6 Å². The van der Waals surface area contributed by atoms with Crippen LogP contribution < -0.4 is 5.56 Å². The van der Waals surface area contributed by atoms with E-state index < -0.39 is 11.7 Å². The van der Waals surface area contributed by atoms with Gasteiger partial charge in [0.1, 0.15) is 16.5 Å². The number of oxazole rings is 1. The fourth-order valence-corrected chi connectivity index (χ4v) is 3.45. The molecule has 1 aliphatic heterocycles. The molecule has 2 aromatic heterocycles. The van der Waals surface area contributed by atoms with E-state index in [2.05, 4.69) is 9.97 Å². The topological polar surface area (TPSA) is 88.4 Å². The summed E-state index contributed by atoms with van der Waals surface area (Å²) in [5.41, 5.74) is 1.56. The van der Waals surface area contributed by atoms with E-state index in [0.717, 1.165) is 11.3 Å². The average Bonchev–Trinajstić information content (AvgIpc) is 3.13. The number of halogens is 1. The zero-order valence-electron chi connectivity index (χ0n) is 15.1. The van der Waals surface area contributed by atoms with Gasteiger partial charge in [-0.1, -0.05) is 41.9 Å². The van der Waals surface area contributed by atoms with E-state index in [-0.39, 0.29) is 10.9 Å². The molecule has 1 N–H and O–H groups in total. The molecule has 8 heteroatoms. The smallest absolute Gasteiger partial charge is 0.266 e. The van der Waals surface area contributed by atoms with Crippen LogP contribution in [0.3, 0.4) is 0 Å². The van der Waals surface area contributed by atoms with Crippen LogP contribution in [0.25, 0.3) is 0 Å². The van der Waals surface area contributed by atoms with Gasteiger partial charge in [-0.05, 0) is 11.6 Å². The Morgan fingerprint density at radius 2 is 2.14 bits per heavy atom. The number of carbonyl (C=O) groups excluding carboxylic acids is 1. The lowest BCUT2D eigenvalue weighted by atomic mass is 10.1. The monoisotopic (exact) mass is 399 g/mol. The highest BCUT2D eigenvalue weighted by Gasteiger charge is 2.29. The van der Waals surface area contributed by atoms with Crippen molar-refractivity contribution in [1.82, 2.24) is 14.9 Å². The molecule has 3 aromatic rings. The van der Waals surface area contributed by atoms with Crippen LogP contribution in [0, 0.1) is 0 Å². The summed E-state index contributed by atoms with van der Waals surface area (Å²) >= 11 is 5.83. The predicted octanol–water partition coefficient (Wildman–Crippen LogP) is 2.95. The van der Waals surface area contributed by atoms with Crippen molar-refractivity contribution in [3.8, 4) is 0 Å². The molecule has 28 heavy (non-hydrogen) atoms. The van der Waals surface area contributed by atoms with Crippen LogP contribution in [0.2, 0.25) is 5.02 Å². The Morgan fingerprint density at radius 3 is 2.86 bits per heavy atom. The molecule has 7 nitrogen and oxygen atoms in total. The van der Waals surface area contributed by atoms with Crippen molar-refractivity contribution in [2.24, 2.45) is 0 Å². The molecule has 4 rings (SSSR count). The van der Waals surface area contributed by atoms with Gasteiger partial charge in [-0.15, -0.1) is 0 Å². The number of carbonyl (C=O) groups is 1. The third-order valence-electron chi connectivity index (χ3n) is 4.70. The van der Waals surface area contributed by atoms with E-state index in [0.29, 0.717) is 36.7 Å². The number of fused-ring (bicyclic) bond motifs is 1. The zero-order valence-corrected chi connectivity index (χ0v) is 15.9. The van der Waals surface area contributed by atoms with Crippen LogP contribution in [0.4, 0.5) is 0 Å². The molecule has 0 radical (unpaired) electrons. The average molecular weight is 400 g/mol. The van der Waals surface area contributed by atoms with E-state index in [1.165, 1.54) is 12.3 Å². The van der Waals surface area contributed by atoms with Crippen molar-refractivity contribution in [1.29, 1.82) is 0 Å². The first-order valence-corrected chi connectivity index (χ1v) is 9.18. The molecule has 0 saturated carbocycles. The van der Waals surface area contributed by atoms with Crippen LogP contribution in [0.15, 0.2) is 51.8 Å². The molecule has 0 fully saturated rings. The van der Waals surface area contributed by atoms with Gasteiger partial charge in [0.25, 0.3) is 11.5 Å². The van der Waals surface area contributed by atoms with Crippen LogP contribution in [0.5, 0.6) is 0 Å². The number of nitrogens with one attached hydrogen (secondary N) is 1. The largest absolute Gasteiger partial charge is 0.442 e. The molecular weight excluding hydrogens is 382 g/mol. The van der Waals surface area contributed by atoms with Gasteiger partial charge in [0, 0.05) is 26.3 Å². The first-order valence-electron chi connectivity index (χ1n) is 8.80. The summed E-state index contributed by atoms with van der Waals surface area (Å²) in [6.45, 7) is 0.805. The number of aromatic amines is 1. The number of pyridine rings is 1. The molecule has 3 heterocycles. The lowest BCUT2D eigenvalue weighted by Gasteiger charge is -2.25. The Hall–Kier alpha value is -2.90. The molecular formula is C20H18ClN3O4. The standard InChI is InChI=1S/C20H18ClN3O4/c1-27-17(12-5-3-2-4-6-12)19-23-15-11-24(8-7-16(15)28-19)20(26)13-9-14(21)18(25)22-10-13/h2-6,9-10,17H,7-8,11H2,1H3,(H,22,25). The van der Waals surface area contributed by atoms with E-state index >= 15 is 0 Å². The van der Waals surface area contributed by atoms with Gasteiger partial charge in [-0.25, -0.2) is 4.98 Å². The summed E-state index contributed by atoms with van der Waals surface area (Å²) in [5.74, 6) is 1.01. The number of amides is 1. The lowest BCUT2D eigenvalue weighted by molar-refractivity contribution is 0.0726. The predicted molar refractivity (Wildman–Crippen MR) is 102 cm³/mol. The number of rotatable bonds is 4. The van der Waals surface area contributed by atoms with Crippen molar-refractivity contribution >= 4 is 17.5 Å². The minimum atomic E-state index is -0.424. The van der Waals surface area contributed by atoms with E-state index in [1.54, 1.807) is 12.0 Å². The van der Waals surface area contributed by atoms with Gasteiger partial charge in [-0.3, -0.25) is 9.59 Å². The minimum absolute atomic E-state index is 0.0157. The van der Waals surface area contributed by atoms with Gasteiger partial charge >= 0.3 is 0 Å². The number of ether oxygens (including phenoxy) is 1. The zero-order chi connectivity index (χ0) is 19.7. The van der Waals surface area contributed by atoms with E-state index in [1.807, 2.05) is 30.3 Å². The number of H-pyrrole nitrogens is 1. The molecule has 1 unspecified atom stereocenters. The van der Waals surface area contributed by atoms with Crippen molar-refractivity contribution in [3.63, 3.8) is 0 Å². The second-order valence-corrected chi connectivity index (χ2v) is 6.90. The first-order chi connectivity index (χ1) is 13.6. The van der Waals surface area contributed by atoms with E-state index in [4.69, 9.17) is 20.8 Å². The van der Waals surface area contributed by atoms with Gasteiger partial charge in [-0.2, -0.15) is 0 Å². The summed E-state index contributed by atoms with van der Waals surface area (Å²) in [5, 5.41) is -0.0157. The van der Waals surface area contributed by atoms with Gasteiger partial charge < -0.3 is 19.0 Å². The van der Waals surface area contributed by atoms with Crippen molar-refractivity contribution in [2.75, 3.05) is 13.7 Å². The molecule has 144 valence electrons. The summed E-state index contributed by atoms with van der Waals surface area (Å²) in [6, 6.07) is 11.1. The number of aromatic nitrogens is 2. The molecule has 0 spiro atoms. The molecule has 1 atom stereocenters.